The molecule has 2 rings (SSSR count). The van der Waals surface area contributed by atoms with E-state index in [1.54, 1.807) is 12.1 Å². The van der Waals surface area contributed by atoms with Crippen LogP contribution >= 0.6 is 11.6 Å². The summed E-state index contributed by atoms with van der Waals surface area (Å²) in [6.45, 7) is 0. The number of aromatic nitrogens is 2. The third-order valence-corrected chi connectivity index (χ3v) is 2.70. The van der Waals surface area contributed by atoms with Crippen molar-refractivity contribution in [3.8, 4) is 5.88 Å². The molecule has 1 N–H and O–H groups in total. The standard InChI is InChI=1S/C12H9ClN4O4/c1-21-11-3-2-7(5-15-11)16-12(18)8-4-10(13)14-6-9(8)17(19)20/h2-6H,1H3,(H,16,18). The lowest BCUT2D eigenvalue weighted by atomic mass is 10.2. The Hall–Kier alpha value is -2.74. The van der Waals surface area contributed by atoms with Crippen molar-refractivity contribution in [2.45, 2.75) is 0 Å². The van der Waals surface area contributed by atoms with E-state index in [1.807, 2.05) is 0 Å². The lowest BCUT2D eigenvalue weighted by Crippen LogP contribution is -2.14. The second-order valence-corrected chi connectivity index (χ2v) is 4.21. The van der Waals surface area contributed by atoms with Crippen LogP contribution in [0.15, 0.2) is 30.6 Å². The van der Waals surface area contributed by atoms with Crippen molar-refractivity contribution in [1.82, 2.24) is 9.97 Å². The second-order valence-electron chi connectivity index (χ2n) is 3.82. The van der Waals surface area contributed by atoms with E-state index in [4.69, 9.17) is 16.3 Å². The summed E-state index contributed by atoms with van der Waals surface area (Å²) in [5.41, 5.74) is -0.253. The Labute approximate surface area is 123 Å². The van der Waals surface area contributed by atoms with Crippen LogP contribution in [-0.4, -0.2) is 27.9 Å². The number of hydrogen-bond donors (Lipinski definition) is 1. The van der Waals surface area contributed by atoms with E-state index in [9.17, 15) is 14.9 Å². The molecule has 8 nitrogen and oxygen atoms in total. The average molecular weight is 309 g/mol. The quantitative estimate of drug-likeness (QED) is 0.527. The molecule has 0 aliphatic heterocycles. The summed E-state index contributed by atoms with van der Waals surface area (Å²) in [5.74, 6) is -0.302. The molecule has 2 heterocycles. The number of halogens is 1. The number of anilines is 1. The first-order valence-corrected chi connectivity index (χ1v) is 6.00. The molecule has 1 amide bonds. The van der Waals surface area contributed by atoms with Gasteiger partial charge in [0.15, 0.2) is 0 Å². The topological polar surface area (TPSA) is 107 Å². The minimum Gasteiger partial charge on any atom is -0.481 e. The molecule has 0 aliphatic rings. The summed E-state index contributed by atoms with van der Waals surface area (Å²) >= 11 is 5.67. The Balaban J connectivity index is 2.27. The van der Waals surface area contributed by atoms with E-state index < -0.39 is 16.5 Å². The van der Waals surface area contributed by atoms with Crippen LogP contribution in [0.4, 0.5) is 11.4 Å². The van der Waals surface area contributed by atoms with Gasteiger partial charge in [-0.15, -0.1) is 0 Å². The van der Waals surface area contributed by atoms with E-state index in [2.05, 4.69) is 15.3 Å². The number of ether oxygens (including phenoxy) is 1. The molecule has 0 fully saturated rings. The molecule has 9 heteroatoms. The Kier molecular flexibility index (Phi) is 4.29. The van der Waals surface area contributed by atoms with Gasteiger partial charge in [0.05, 0.1) is 23.9 Å². The molecule has 0 aliphatic carbocycles. The van der Waals surface area contributed by atoms with Gasteiger partial charge in [-0.05, 0) is 12.1 Å². The van der Waals surface area contributed by atoms with Gasteiger partial charge >= 0.3 is 0 Å². The maximum atomic E-state index is 12.1. The fourth-order valence-electron chi connectivity index (χ4n) is 1.52. The highest BCUT2D eigenvalue weighted by Crippen LogP contribution is 2.22. The van der Waals surface area contributed by atoms with Crippen molar-refractivity contribution in [3.63, 3.8) is 0 Å². The van der Waals surface area contributed by atoms with Gasteiger partial charge in [-0.25, -0.2) is 9.97 Å². The SMILES string of the molecule is COc1ccc(NC(=O)c2cc(Cl)ncc2[N+](=O)[O-])cn1. The van der Waals surface area contributed by atoms with E-state index in [1.165, 1.54) is 13.3 Å². The highest BCUT2D eigenvalue weighted by Gasteiger charge is 2.21. The van der Waals surface area contributed by atoms with Crippen molar-refractivity contribution in [3.05, 3.63) is 51.4 Å². The number of rotatable bonds is 4. The highest BCUT2D eigenvalue weighted by molar-refractivity contribution is 6.30. The molecular weight excluding hydrogens is 300 g/mol. The monoisotopic (exact) mass is 308 g/mol. The first-order valence-electron chi connectivity index (χ1n) is 5.62. The van der Waals surface area contributed by atoms with Crippen molar-refractivity contribution < 1.29 is 14.5 Å². The fourth-order valence-corrected chi connectivity index (χ4v) is 1.68. The number of nitro groups is 1. The number of nitrogens with zero attached hydrogens (tertiary/aromatic N) is 3. The Bertz CT molecular complexity index is 690. The zero-order valence-electron chi connectivity index (χ0n) is 10.7. The molecule has 0 aromatic carbocycles. The van der Waals surface area contributed by atoms with Crippen LogP contribution in [0.25, 0.3) is 0 Å². The molecule has 0 saturated carbocycles. The number of pyridine rings is 2. The molecule has 0 spiro atoms. The second kappa shape index (κ2) is 6.14. The van der Waals surface area contributed by atoms with Crippen LogP contribution in [0.1, 0.15) is 10.4 Å². The predicted molar refractivity (Wildman–Crippen MR) is 74.6 cm³/mol. The Morgan fingerprint density at radius 1 is 1.38 bits per heavy atom. The molecular formula is C12H9ClN4O4. The first-order chi connectivity index (χ1) is 10.0. The zero-order chi connectivity index (χ0) is 15.4. The van der Waals surface area contributed by atoms with E-state index in [0.717, 1.165) is 12.3 Å². The molecule has 108 valence electrons. The summed E-state index contributed by atoms with van der Waals surface area (Å²) in [7, 11) is 1.46. The van der Waals surface area contributed by atoms with Gasteiger partial charge in [-0.1, -0.05) is 11.6 Å². The summed E-state index contributed by atoms with van der Waals surface area (Å²) in [5, 5.41) is 13.4. The Morgan fingerprint density at radius 3 is 2.71 bits per heavy atom. The third-order valence-electron chi connectivity index (χ3n) is 2.49. The number of hydrogen-bond acceptors (Lipinski definition) is 6. The van der Waals surface area contributed by atoms with Crippen LogP contribution in [0.3, 0.4) is 0 Å². The number of carbonyl (C=O) groups is 1. The zero-order valence-corrected chi connectivity index (χ0v) is 11.5. The van der Waals surface area contributed by atoms with Gasteiger partial charge in [0.25, 0.3) is 11.6 Å². The minimum atomic E-state index is -0.704. The van der Waals surface area contributed by atoms with Gasteiger partial charge in [-0.2, -0.15) is 0 Å². The Morgan fingerprint density at radius 2 is 2.14 bits per heavy atom. The maximum Gasteiger partial charge on any atom is 0.300 e. The maximum absolute atomic E-state index is 12.1. The predicted octanol–water partition coefficient (Wildman–Crippen LogP) is 2.30. The number of carbonyl (C=O) groups excluding carboxylic acids is 1. The number of nitrogens with one attached hydrogen (secondary N) is 1. The molecule has 2 aromatic heterocycles. The summed E-state index contributed by atoms with van der Waals surface area (Å²) in [4.78, 5) is 29.8. The van der Waals surface area contributed by atoms with E-state index >= 15 is 0 Å². The first kappa shape index (κ1) is 14.7. The van der Waals surface area contributed by atoms with Crippen molar-refractivity contribution >= 4 is 28.9 Å². The molecule has 0 radical (unpaired) electrons. The van der Waals surface area contributed by atoms with Crippen LogP contribution < -0.4 is 10.1 Å². The van der Waals surface area contributed by atoms with Crippen LogP contribution in [0.2, 0.25) is 5.15 Å². The number of methoxy groups -OCH3 is 1. The van der Waals surface area contributed by atoms with Gasteiger partial charge in [0.1, 0.15) is 16.9 Å². The molecule has 2 aromatic rings. The minimum absolute atomic E-state index is 0.0152. The summed E-state index contributed by atoms with van der Waals surface area (Å²) in [6.07, 6.45) is 2.30. The molecule has 21 heavy (non-hydrogen) atoms. The lowest BCUT2D eigenvalue weighted by Gasteiger charge is -2.06. The lowest BCUT2D eigenvalue weighted by molar-refractivity contribution is -0.385. The fraction of sp³-hybridized carbons (Fsp3) is 0.0833. The van der Waals surface area contributed by atoms with Crippen molar-refractivity contribution in [1.29, 1.82) is 0 Å². The molecule has 0 bridgehead atoms. The molecule has 0 atom stereocenters. The van der Waals surface area contributed by atoms with Crippen molar-refractivity contribution in [2.75, 3.05) is 12.4 Å². The van der Waals surface area contributed by atoms with Crippen LogP contribution in [0.5, 0.6) is 5.88 Å². The summed E-state index contributed by atoms with van der Waals surface area (Å²) in [6, 6.07) is 4.23. The average Bonchev–Trinajstić information content (AvgIpc) is 2.47. The third kappa shape index (κ3) is 3.42. The molecule has 0 unspecified atom stereocenters. The van der Waals surface area contributed by atoms with Gasteiger partial charge < -0.3 is 10.1 Å². The number of amides is 1. The van der Waals surface area contributed by atoms with Gasteiger partial charge in [0, 0.05) is 6.07 Å². The van der Waals surface area contributed by atoms with Crippen LogP contribution in [0, 0.1) is 10.1 Å². The molecule has 0 saturated heterocycles. The normalized spacial score (nSPS) is 10.0. The van der Waals surface area contributed by atoms with Crippen LogP contribution in [-0.2, 0) is 0 Å². The van der Waals surface area contributed by atoms with Gasteiger partial charge in [0.2, 0.25) is 5.88 Å². The van der Waals surface area contributed by atoms with Gasteiger partial charge in [-0.3, -0.25) is 14.9 Å². The van der Waals surface area contributed by atoms with E-state index in [-0.39, 0.29) is 10.7 Å². The summed E-state index contributed by atoms with van der Waals surface area (Å²) < 4.78 is 4.89. The smallest absolute Gasteiger partial charge is 0.300 e. The van der Waals surface area contributed by atoms with Crippen molar-refractivity contribution in [2.24, 2.45) is 0 Å². The van der Waals surface area contributed by atoms with E-state index in [0.29, 0.717) is 11.6 Å². The largest absolute Gasteiger partial charge is 0.481 e. The highest BCUT2D eigenvalue weighted by atomic mass is 35.5.